The number of likely N-dealkylation sites (tertiary alicyclic amines) is 1. The Morgan fingerprint density at radius 2 is 2.33 bits per heavy atom. The Hall–Kier alpha value is -0.580. The molecule has 1 fully saturated rings. The number of rotatable bonds is 2. The largest absolute Gasteiger partial charge is 0.391 e. The molecule has 1 aromatic heterocycles. The fourth-order valence-corrected chi connectivity index (χ4v) is 3.31. The van der Waals surface area contributed by atoms with Gasteiger partial charge in [0.25, 0.3) is 0 Å². The second-order valence-corrected chi connectivity index (χ2v) is 6.73. The lowest BCUT2D eigenvalue weighted by Gasteiger charge is -2.35. The number of aliphatic hydroxyl groups excluding tert-OH is 1. The van der Waals surface area contributed by atoms with Crippen molar-refractivity contribution >= 4 is 28.8 Å². The molecule has 2 heterocycles. The van der Waals surface area contributed by atoms with E-state index < -0.39 is 6.10 Å². The number of piperidine rings is 1. The van der Waals surface area contributed by atoms with Crippen LogP contribution in [0.1, 0.15) is 31.1 Å². The molecule has 100 valence electrons. The number of β-amino-alcohol motifs (C(OH)–C–C–N with tert-alkyl or cyclic N) is 1. The van der Waals surface area contributed by atoms with Crippen LogP contribution in [0, 0.1) is 5.92 Å². The van der Waals surface area contributed by atoms with Crippen molar-refractivity contribution in [3.8, 4) is 0 Å². The van der Waals surface area contributed by atoms with E-state index in [2.05, 4.69) is 0 Å². The van der Waals surface area contributed by atoms with Crippen molar-refractivity contribution in [3.63, 3.8) is 0 Å². The summed E-state index contributed by atoms with van der Waals surface area (Å²) in [6, 6.07) is 3.72. The molecule has 0 spiro atoms. The molecule has 18 heavy (non-hydrogen) atoms. The van der Waals surface area contributed by atoms with Crippen LogP contribution in [-0.4, -0.2) is 35.1 Å². The van der Waals surface area contributed by atoms with E-state index in [1.54, 1.807) is 4.90 Å². The van der Waals surface area contributed by atoms with Gasteiger partial charge in [0, 0.05) is 18.0 Å². The fourth-order valence-electron chi connectivity index (χ4n) is 2.21. The Balaban J connectivity index is 2.03. The summed E-state index contributed by atoms with van der Waals surface area (Å²) < 4.78 is 0.706. The predicted octanol–water partition coefficient (Wildman–Crippen LogP) is 2.73. The van der Waals surface area contributed by atoms with Gasteiger partial charge in [0.15, 0.2) is 0 Å². The SMILES string of the molecule is CC(C(=O)N1CCC(C)C(O)C1)c1ccc(Cl)s1. The van der Waals surface area contributed by atoms with Gasteiger partial charge in [-0.3, -0.25) is 4.79 Å². The van der Waals surface area contributed by atoms with E-state index in [9.17, 15) is 9.90 Å². The van der Waals surface area contributed by atoms with Gasteiger partial charge in [0.2, 0.25) is 5.91 Å². The second-order valence-electron chi connectivity index (χ2n) is 4.98. The van der Waals surface area contributed by atoms with Gasteiger partial charge in [-0.15, -0.1) is 11.3 Å². The summed E-state index contributed by atoms with van der Waals surface area (Å²) >= 11 is 7.34. The lowest BCUT2D eigenvalue weighted by molar-refractivity contribution is -0.136. The minimum absolute atomic E-state index is 0.0828. The Kier molecular flexibility index (Phi) is 4.30. The number of hydrogen-bond donors (Lipinski definition) is 1. The van der Waals surface area contributed by atoms with Gasteiger partial charge in [0.1, 0.15) is 0 Å². The molecule has 3 nitrogen and oxygen atoms in total. The molecule has 3 unspecified atom stereocenters. The van der Waals surface area contributed by atoms with Crippen LogP contribution in [-0.2, 0) is 4.79 Å². The van der Waals surface area contributed by atoms with E-state index in [0.29, 0.717) is 10.9 Å². The summed E-state index contributed by atoms with van der Waals surface area (Å²) in [6.45, 7) is 5.10. The van der Waals surface area contributed by atoms with Crippen LogP contribution in [0.15, 0.2) is 12.1 Å². The number of hydrogen-bond acceptors (Lipinski definition) is 3. The first-order valence-corrected chi connectivity index (χ1v) is 7.40. The minimum Gasteiger partial charge on any atom is -0.391 e. The van der Waals surface area contributed by atoms with E-state index in [0.717, 1.165) is 17.8 Å². The average molecular weight is 288 g/mol. The summed E-state index contributed by atoms with van der Waals surface area (Å²) in [5.74, 6) is 0.183. The maximum Gasteiger partial charge on any atom is 0.230 e. The molecule has 1 saturated heterocycles. The van der Waals surface area contributed by atoms with E-state index in [-0.39, 0.29) is 17.7 Å². The Morgan fingerprint density at radius 3 is 2.89 bits per heavy atom. The van der Waals surface area contributed by atoms with E-state index in [4.69, 9.17) is 11.6 Å². The molecule has 5 heteroatoms. The second kappa shape index (κ2) is 5.59. The van der Waals surface area contributed by atoms with Crippen molar-refractivity contribution in [1.82, 2.24) is 4.90 Å². The summed E-state index contributed by atoms with van der Waals surface area (Å²) in [7, 11) is 0. The molecule has 1 N–H and O–H groups in total. The highest BCUT2D eigenvalue weighted by Crippen LogP contribution is 2.30. The van der Waals surface area contributed by atoms with Crippen LogP contribution < -0.4 is 0 Å². The molecule has 1 amide bonds. The van der Waals surface area contributed by atoms with E-state index in [1.807, 2.05) is 26.0 Å². The molecular weight excluding hydrogens is 270 g/mol. The third-order valence-electron chi connectivity index (χ3n) is 3.62. The number of nitrogens with zero attached hydrogens (tertiary/aromatic N) is 1. The molecule has 1 aliphatic rings. The Labute approximate surface area is 116 Å². The van der Waals surface area contributed by atoms with Crippen LogP contribution in [0.3, 0.4) is 0 Å². The van der Waals surface area contributed by atoms with Crippen LogP contribution in [0.5, 0.6) is 0 Å². The van der Waals surface area contributed by atoms with Crippen LogP contribution in [0.25, 0.3) is 0 Å². The molecular formula is C13H18ClNO2S. The first kappa shape index (κ1) is 13.8. The zero-order chi connectivity index (χ0) is 13.3. The molecule has 0 radical (unpaired) electrons. The summed E-state index contributed by atoms with van der Waals surface area (Å²) in [6.07, 6.45) is 0.465. The predicted molar refractivity (Wildman–Crippen MR) is 74.1 cm³/mol. The number of aliphatic hydroxyl groups is 1. The minimum atomic E-state index is -0.401. The Bertz CT molecular complexity index is 434. The maximum atomic E-state index is 12.3. The van der Waals surface area contributed by atoms with Crippen LogP contribution in [0.4, 0.5) is 0 Å². The van der Waals surface area contributed by atoms with Gasteiger partial charge in [-0.25, -0.2) is 0 Å². The normalized spacial score (nSPS) is 26.1. The van der Waals surface area contributed by atoms with Crippen molar-refractivity contribution in [2.24, 2.45) is 5.92 Å². The molecule has 0 aliphatic carbocycles. The monoisotopic (exact) mass is 287 g/mol. The smallest absolute Gasteiger partial charge is 0.230 e. The summed E-state index contributed by atoms with van der Waals surface area (Å²) in [4.78, 5) is 15.1. The van der Waals surface area contributed by atoms with Gasteiger partial charge in [-0.2, -0.15) is 0 Å². The standard InChI is InChI=1S/C13H18ClNO2S/c1-8-5-6-15(7-10(8)16)13(17)9(2)11-3-4-12(14)18-11/h3-4,8-10,16H,5-7H2,1-2H3. The van der Waals surface area contributed by atoms with Gasteiger partial charge in [0.05, 0.1) is 16.4 Å². The molecule has 0 saturated carbocycles. The molecule has 0 aromatic carbocycles. The molecule has 0 bridgehead atoms. The van der Waals surface area contributed by atoms with Crippen LogP contribution in [0.2, 0.25) is 4.34 Å². The van der Waals surface area contributed by atoms with Crippen molar-refractivity contribution in [2.75, 3.05) is 13.1 Å². The molecule has 1 aromatic rings. The average Bonchev–Trinajstić information content (AvgIpc) is 2.77. The quantitative estimate of drug-likeness (QED) is 0.909. The molecule has 3 atom stereocenters. The van der Waals surface area contributed by atoms with Gasteiger partial charge in [-0.1, -0.05) is 18.5 Å². The summed E-state index contributed by atoms with van der Waals surface area (Å²) in [5, 5.41) is 9.84. The van der Waals surface area contributed by atoms with E-state index >= 15 is 0 Å². The maximum absolute atomic E-state index is 12.3. The van der Waals surface area contributed by atoms with Gasteiger partial charge >= 0.3 is 0 Å². The van der Waals surface area contributed by atoms with Crippen molar-refractivity contribution in [2.45, 2.75) is 32.3 Å². The third kappa shape index (κ3) is 2.87. The topological polar surface area (TPSA) is 40.5 Å². The lowest BCUT2D eigenvalue weighted by Crippen LogP contribution is -2.47. The van der Waals surface area contributed by atoms with Gasteiger partial charge < -0.3 is 10.0 Å². The number of amides is 1. The number of thiophene rings is 1. The number of carbonyl (C=O) groups is 1. The van der Waals surface area contributed by atoms with E-state index in [1.165, 1.54) is 11.3 Å². The first-order chi connectivity index (χ1) is 8.49. The fraction of sp³-hybridized carbons (Fsp3) is 0.615. The van der Waals surface area contributed by atoms with Gasteiger partial charge in [-0.05, 0) is 31.4 Å². The molecule has 1 aliphatic heterocycles. The lowest BCUT2D eigenvalue weighted by atomic mass is 9.95. The zero-order valence-electron chi connectivity index (χ0n) is 10.6. The van der Waals surface area contributed by atoms with Crippen molar-refractivity contribution in [3.05, 3.63) is 21.3 Å². The summed E-state index contributed by atoms with van der Waals surface area (Å²) in [5.41, 5.74) is 0. The third-order valence-corrected chi connectivity index (χ3v) is 5.04. The first-order valence-electron chi connectivity index (χ1n) is 6.21. The zero-order valence-corrected chi connectivity index (χ0v) is 12.2. The van der Waals surface area contributed by atoms with Crippen molar-refractivity contribution in [1.29, 1.82) is 0 Å². The Morgan fingerprint density at radius 1 is 1.61 bits per heavy atom. The number of carbonyl (C=O) groups excluding carboxylic acids is 1. The van der Waals surface area contributed by atoms with Crippen LogP contribution >= 0.6 is 22.9 Å². The van der Waals surface area contributed by atoms with Crippen molar-refractivity contribution < 1.29 is 9.90 Å². The highest BCUT2D eigenvalue weighted by atomic mass is 35.5. The highest BCUT2D eigenvalue weighted by Gasteiger charge is 2.30. The highest BCUT2D eigenvalue weighted by molar-refractivity contribution is 7.16. The molecule has 2 rings (SSSR count). The number of halogens is 1.